The normalized spacial score (nSPS) is 12.1. The third-order valence-electron chi connectivity index (χ3n) is 3.05. The highest BCUT2D eigenvalue weighted by Crippen LogP contribution is 2.16. The van der Waals surface area contributed by atoms with Crippen LogP contribution in [0, 0.1) is 5.82 Å². The number of rotatable bonds is 6. The van der Waals surface area contributed by atoms with Crippen LogP contribution in [0.3, 0.4) is 0 Å². The minimum Gasteiger partial charge on any atom is -0.467 e. The summed E-state index contributed by atoms with van der Waals surface area (Å²) in [5, 5.41) is 2.59. The van der Waals surface area contributed by atoms with Crippen molar-refractivity contribution in [1.82, 2.24) is 5.32 Å². The Morgan fingerprint density at radius 3 is 2.88 bits per heavy atom. The molecule has 1 aromatic heterocycles. The Bertz CT molecular complexity index is 743. The van der Waals surface area contributed by atoms with E-state index in [4.69, 9.17) is 20.8 Å². The summed E-state index contributed by atoms with van der Waals surface area (Å²) in [4.78, 5) is 23.3. The molecule has 7 heteroatoms. The number of nitrogens with one attached hydrogen (secondary N) is 1. The molecule has 2 aromatic rings. The van der Waals surface area contributed by atoms with Crippen LogP contribution in [-0.2, 0) is 14.3 Å². The maximum absolute atomic E-state index is 13.0. The van der Waals surface area contributed by atoms with Crippen LogP contribution in [-0.4, -0.2) is 18.5 Å². The number of furan rings is 1. The third kappa shape index (κ3) is 5.24. The largest absolute Gasteiger partial charge is 0.467 e. The first-order valence-electron chi connectivity index (χ1n) is 7.08. The predicted octanol–water partition coefficient (Wildman–Crippen LogP) is 3.51. The smallest absolute Gasteiger partial charge is 0.331 e. The summed E-state index contributed by atoms with van der Waals surface area (Å²) in [6.45, 7) is 1.33. The van der Waals surface area contributed by atoms with E-state index in [9.17, 15) is 14.0 Å². The van der Waals surface area contributed by atoms with Crippen molar-refractivity contribution in [3.63, 3.8) is 0 Å². The molecule has 0 radical (unpaired) electrons. The lowest BCUT2D eigenvalue weighted by atomic mass is 10.2. The molecule has 0 aliphatic heterocycles. The molecule has 0 unspecified atom stereocenters. The highest BCUT2D eigenvalue weighted by atomic mass is 35.5. The second-order valence-electron chi connectivity index (χ2n) is 4.92. The summed E-state index contributed by atoms with van der Waals surface area (Å²) >= 11 is 5.64. The van der Waals surface area contributed by atoms with E-state index >= 15 is 0 Å². The van der Waals surface area contributed by atoms with Gasteiger partial charge in [-0.3, -0.25) is 4.79 Å². The van der Waals surface area contributed by atoms with Gasteiger partial charge in [0.05, 0.1) is 17.3 Å². The molecule has 1 aromatic carbocycles. The van der Waals surface area contributed by atoms with E-state index in [2.05, 4.69) is 5.32 Å². The molecule has 0 bridgehead atoms. The lowest BCUT2D eigenvalue weighted by Gasteiger charge is -2.11. The van der Waals surface area contributed by atoms with Crippen LogP contribution in [0.25, 0.3) is 6.08 Å². The van der Waals surface area contributed by atoms with E-state index in [-0.39, 0.29) is 11.1 Å². The van der Waals surface area contributed by atoms with Crippen LogP contribution >= 0.6 is 11.6 Å². The lowest BCUT2D eigenvalue weighted by Crippen LogP contribution is -2.30. The van der Waals surface area contributed by atoms with E-state index < -0.39 is 24.3 Å². The number of carbonyl (C=O) groups excluding carboxylic acids is 2. The topological polar surface area (TPSA) is 68.5 Å². The van der Waals surface area contributed by atoms with Gasteiger partial charge in [-0.2, -0.15) is 0 Å². The molecule has 0 spiro atoms. The lowest BCUT2D eigenvalue weighted by molar-refractivity contribution is -0.144. The molecule has 126 valence electrons. The number of halogens is 2. The zero-order valence-corrected chi connectivity index (χ0v) is 13.5. The van der Waals surface area contributed by atoms with Crippen LogP contribution in [0.1, 0.15) is 24.3 Å². The maximum Gasteiger partial charge on any atom is 0.331 e. The summed E-state index contributed by atoms with van der Waals surface area (Å²) in [5.41, 5.74) is 0.536. The van der Waals surface area contributed by atoms with Gasteiger partial charge in [0.25, 0.3) is 5.91 Å². The Morgan fingerprint density at radius 1 is 1.42 bits per heavy atom. The molecule has 1 N–H and O–H groups in total. The summed E-state index contributed by atoms with van der Waals surface area (Å²) in [7, 11) is 0. The number of hydrogen-bond acceptors (Lipinski definition) is 4. The Balaban J connectivity index is 1.78. The van der Waals surface area contributed by atoms with Crippen molar-refractivity contribution >= 4 is 29.6 Å². The van der Waals surface area contributed by atoms with Crippen LogP contribution in [0.4, 0.5) is 4.39 Å². The summed E-state index contributed by atoms with van der Waals surface area (Å²) < 4.78 is 23.0. The Labute approximate surface area is 143 Å². The first-order chi connectivity index (χ1) is 11.5. The SMILES string of the molecule is C[C@H](NC(=O)COC(=O)/C=C/c1ccc(F)c(Cl)c1)c1ccco1. The average Bonchev–Trinajstić information content (AvgIpc) is 3.08. The molecule has 5 nitrogen and oxygen atoms in total. The average molecular weight is 352 g/mol. The van der Waals surface area contributed by atoms with Crippen molar-refractivity contribution in [2.75, 3.05) is 6.61 Å². The first-order valence-corrected chi connectivity index (χ1v) is 7.46. The highest BCUT2D eigenvalue weighted by molar-refractivity contribution is 6.30. The molecule has 24 heavy (non-hydrogen) atoms. The molecule has 2 rings (SSSR count). The minimum atomic E-state index is -0.698. The van der Waals surface area contributed by atoms with Gasteiger partial charge in [-0.1, -0.05) is 17.7 Å². The fourth-order valence-electron chi connectivity index (χ4n) is 1.86. The standard InChI is InChI=1S/C17H15ClFNO4/c1-11(15-3-2-8-23-15)20-16(21)10-24-17(22)7-5-12-4-6-14(19)13(18)9-12/h2-9,11H,10H2,1H3,(H,20,21)/b7-5+/t11-/m0/s1. The molecular weight excluding hydrogens is 337 g/mol. The van der Waals surface area contributed by atoms with E-state index in [1.54, 1.807) is 19.1 Å². The number of carbonyl (C=O) groups is 2. The maximum atomic E-state index is 13.0. The van der Waals surface area contributed by atoms with Gasteiger partial charge in [-0.15, -0.1) is 0 Å². The van der Waals surface area contributed by atoms with Crippen LogP contribution in [0.5, 0.6) is 0 Å². The van der Waals surface area contributed by atoms with Gasteiger partial charge >= 0.3 is 5.97 Å². The van der Waals surface area contributed by atoms with E-state index in [0.29, 0.717) is 11.3 Å². The number of amides is 1. The van der Waals surface area contributed by atoms with Crippen molar-refractivity contribution in [3.8, 4) is 0 Å². The fraction of sp³-hybridized carbons (Fsp3) is 0.176. The van der Waals surface area contributed by atoms with E-state index in [1.165, 1.54) is 30.5 Å². The zero-order chi connectivity index (χ0) is 17.5. The molecule has 0 aliphatic rings. The summed E-state index contributed by atoms with van der Waals surface area (Å²) in [6, 6.07) is 7.14. The molecular formula is C17H15ClFNO4. The first kappa shape index (κ1) is 17.7. The second kappa shape index (κ2) is 8.31. The van der Waals surface area contributed by atoms with Gasteiger partial charge in [0.15, 0.2) is 6.61 Å². The van der Waals surface area contributed by atoms with Crippen LogP contribution in [0.2, 0.25) is 5.02 Å². The fourth-order valence-corrected chi connectivity index (χ4v) is 2.05. The highest BCUT2D eigenvalue weighted by Gasteiger charge is 2.12. The summed E-state index contributed by atoms with van der Waals surface area (Å²) in [6.07, 6.45) is 4.05. The van der Waals surface area contributed by atoms with Gasteiger partial charge in [-0.25, -0.2) is 9.18 Å². The molecule has 0 fully saturated rings. The van der Waals surface area contributed by atoms with Gasteiger partial charge in [-0.05, 0) is 42.8 Å². The molecule has 1 amide bonds. The number of esters is 1. The zero-order valence-electron chi connectivity index (χ0n) is 12.8. The molecule has 0 saturated carbocycles. The van der Waals surface area contributed by atoms with Crippen molar-refractivity contribution in [3.05, 3.63) is 64.8 Å². The monoisotopic (exact) mass is 351 g/mol. The minimum absolute atomic E-state index is 0.0446. The second-order valence-corrected chi connectivity index (χ2v) is 5.33. The summed E-state index contributed by atoms with van der Waals surface area (Å²) in [5.74, 6) is -1.09. The van der Waals surface area contributed by atoms with Crippen molar-refractivity contribution in [2.45, 2.75) is 13.0 Å². The number of hydrogen-bond donors (Lipinski definition) is 1. The number of benzene rings is 1. The van der Waals surface area contributed by atoms with Crippen molar-refractivity contribution in [1.29, 1.82) is 0 Å². The molecule has 0 saturated heterocycles. The quantitative estimate of drug-likeness (QED) is 0.638. The van der Waals surface area contributed by atoms with Crippen LogP contribution in [0.15, 0.2) is 47.1 Å². The van der Waals surface area contributed by atoms with E-state index in [1.807, 2.05) is 0 Å². The van der Waals surface area contributed by atoms with Gasteiger partial charge in [0.2, 0.25) is 0 Å². The van der Waals surface area contributed by atoms with Crippen molar-refractivity contribution < 1.29 is 23.1 Å². The third-order valence-corrected chi connectivity index (χ3v) is 3.34. The Morgan fingerprint density at radius 2 is 2.21 bits per heavy atom. The van der Waals surface area contributed by atoms with Gasteiger partial charge in [0.1, 0.15) is 11.6 Å². The van der Waals surface area contributed by atoms with Crippen LogP contribution < -0.4 is 5.32 Å². The Hall–Kier alpha value is -2.60. The van der Waals surface area contributed by atoms with Gasteiger partial charge in [0, 0.05) is 6.08 Å². The van der Waals surface area contributed by atoms with E-state index in [0.717, 1.165) is 6.08 Å². The molecule has 1 heterocycles. The van der Waals surface area contributed by atoms with Gasteiger partial charge < -0.3 is 14.5 Å². The predicted molar refractivity (Wildman–Crippen MR) is 86.7 cm³/mol. The Kier molecular flexibility index (Phi) is 6.14. The molecule has 1 atom stereocenters. The van der Waals surface area contributed by atoms with Crippen molar-refractivity contribution in [2.24, 2.45) is 0 Å². The number of ether oxygens (including phenoxy) is 1. The molecule has 0 aliphatic carbocycles.